The van der Waals surface area contributed by atoms with E-state index in [0.717, 1.165) is 22.2 Å². The molecule has 0 unspecified atom stereocenters. The summed E-state index contributed by atoms with van der Waals surface area (Å²) in [5, 5.41) is 3.77. The van der Waals surface area contributed by atoms with Crippen LogP contribution in [0.4, 0.5) is 5.69 Å². The Morgan fingerprint density at radius 1 is 1.12 bits per heavy atom. The van der Waals surface area contributed by atoms with Crippen molar-refractivity contribution in [2.75, 3.05) is 19.0 Å². The summed E-state index contributed by atoms with van der Waals surface area (Å²) in [5.74, 6) is 0.105. The van der Waals surface area contributed by atoms with E-state index in [1.165, 1.54) is 0 Å². The van der Waals surface area contributed by atoms with Gasteiger partial charge >= 0.3 is 5.97 Å². The molecule has 26 heavy (non-hydrogen) atoms. The smallest absolute Gasteiger partial charge is 0.338 e. The van der Waals surface area contributed by atoms with Crippen molar-refractivity contribution in [3.63, 3.8) is 0 Å². The lowest BCUT2D eigenvalue weighted by molar-refractivity contribution is 0.0526. The van der Waals surface area contributed by atoms with Crippen LogP contribution in [0.5, 0.6) is 5.75 Å². The number of hydrogen-bond donors (Lipinski definition) is 2. The van der Waals surface area contributed by atoms with Crippen LogP contribution in [0.15, 0.2) is 42.5 Å². The molecule has 6 nitrogen and oxygen atoms in total. The normalized spacial score (nSPS) is 10.6. The number of H-pyrrole nitrogens is 1. The Morgan fingerprint density at radius 3 is 2.50 bits per heavy atom. The van der Waals surface area contributed by atoms with E-state index in [-0.39, 0.29) is 11.9 Å². The number of aromatic amines is 1. The van der Waals surface area contributed by atoms with Gasteiger partial charge < -0.3 is 19.8 Å². The SMILES string of the molecule is CCOC(=O)c1ccc(NC(=O)c2[nH]c3ccc(OC)cc3c2C)cc1. The molecule has 3 aromatic rings. The minimum atomic E-state index is -0.384. The van der Waals surface area contributed by atoms with Gasteiger partial charge in [-0.25, -0.2) is 4.79 Å². The van der Waals surface area contributed by atoms with Crippen LogP contribution in [-0.2, 0) is 4.74 Å². The molecule has 0 atom stereocenters. The van der Waals surface area contributed by atoms with Gasteiger partial charge in [0.1, 0.15) is 11.4 Å². The molecule has 0 aliphatic heterocycles. The molecule has 0 bridgehead atoms. The second kappa shape index (κ2) is 7.31. The van der Waals surface area contributed by atoms with Gasteiger partial charge in [0.15, 0.2) is 0 Å². The first-order valence-electron chi connectivity index (χ1n) is 8.28. The zero-order valence-electron chi connectivity index (χ0n) is 14.9. The molecular formula is C20H20N2O4. The summed E-state index contributed by atoms with van der Waals surface area (Å²) in [4.78, 5) is 27.4. The average Bonchev–Trinajstić information content (AvgIpc) is 2.98. The van der Waals surface area contributed by atoms with Gasteiger partial charge in [0.05, 0.1) is 19.3 Å². The fraction of sp³-hybridized carbons (Fsp3) is 0.200. The van der Waals surface area contributed by atoms with Gasteiger partial charge in [0, 0.05) is 16.6 Å². The summed E-state index contributed by atoms with van der Waals surface area (Å²) in [6.07, 6.45) is 0. The van der Waals surface area contributed by atoms with Crippen LogP contribution in [0.1, 0.15) is 33.3 Å². The molecule has 2 N–H and O–H groups in total. The Bertz CT molecular complexity index is 958. The number of benzene rings is 2. The Hall–Kier alpha value is -3.28. The monoisotopic (exact) mass is 352 g/mol. The molecule has 1 heterocycles. The van der Waals surface area contributed by atoms with Crippen LogP contribution in [0.25, 0.3) is 10.9 Å². The van der Waals surface area contributed by atoms with Crippen molar-refractivity contribution in [3.05, 3.63) is 59.3 Å². The molecule has 1 aromatic heterocycles. The van der Waals surface area contributed by atoms with E-state index in [1.807, 2.05) is 25.1 Å². The molecule has 3 rings (SSSR count). The molecule has 0 aliphatic rings. The number of fused-ring (bicyclic) bond motifs is 1. The largest absolute Gasteiger partial charge is 0.497 e. The third-order valence-corrected chi connectivity index (χ3v) is 4.15. The summed E-state index contributed by atoms with van der Waals surface area (Å²) in [6, 6.07) is 12.2. The number of carbonyl (C=O) groups is 2. The van der Waals surface area contributed by atoms with E-state index in [2.05, 4.69) is 10.3 Å². The van der Waals surface area contributed by atoms with Gasteiger partial charge in [-0.1, -0.05) is 0 Å². The highest BCUT2D eigenvalue weighted by molar-refractivity contribution is 6.08. The van der Waals surface area contributed by atoms with Gasteiger partial charge in [0.25, 0.3) is 5.91 Å². The Kier molecular flexibility index (Phi) is 4.93. The lowest BCUT2D eigenvalue weighted by Gasteiger charge is -2.06. The number of aryl methyl sites for hydroxylation is 1. The van der Waals surface area contributed by atoms with Gasteiger partial charge in [-0.15, -0.1) is 0 Å². The van der Waals surface area contributed by atoms with Crippen molar-refractivity contribution < 1.29 is 19.1 Å². The summed E-state index contributed by atoms with van der Waals surface area (Å²) in [6.45, 7) is 3.96. The molecule has 0 aliphatic carbocycles. The van der Waals surface area contributed by atoms with E-state index in [1.54, 1.807) is 38.3 Å². The average molecular weight is 352 g/mol. The van der Waals surface area contributed by atoms with Crippen molar-refractivity contribution in [2.24, 2.45) is 0 Å². The van der Waals surface area contributed by atoms with Crippen molar-refractivity contribution in [2.45, 2.75) is 13.8 Å². The van der Waals surface area contributed by atoms with Crippen LogP contribution in [0.3, 0.4) is 0 Å². The Labute approximate surface area is 151 Å². The molecule has 134 valence electrons. The molecular weight excluding hydrogens is 332 g/mol. The third kappa shape index (κ3) is 3.39. The van der Waals surface area contributed by atoms with Crippen molar-refractivity contribution in [1.29, 1.82) is 0 Å². The number of anilines is 1. The Balaban J connectivity index is 1.81. The standard InChI is InChI=1S/C20H20N2O4/c1-4-26-20(24)13-5-7-14(8-6-13)21-19(23)18-12(2)16-11-15(25-3)9-10-17(16)22-18/h5-11,22H,4H2,1-3H3,(H,21,23). The number of amides is 1. The van der Waals surface area contributed by atoms with E-state index in [0.29, 0.717) is 23.6 Å². The van der Waals surface area contributed by atoms with Gasteiger partial charge in [-0.05, 0) is 61.9 Å². The molecule has 0 saturated carbocycles. The second-order valence-electron chi connectivity index (χ2n) is 5.79. The minimum Gasteiger partial charge on any atom is -0.497 e. The maximum absolute atomic E-state index is 12.6. The first-order chi connectivity index (χ1) is 12.5. The zero-order valence-corrected chi connectivity index (χ0v) is 14.9. The highest BCUT2D eigenvalue weighted by atomic mass is 16.5. The second-order valence-corrected chi connectivity index (χ2v) is 5.79. The lowest BCUT2D eigenvalue weighted by atomic mass is 10.1. The number of ether oxygens (including phenoxy) is 2. The lowest BCUT2D eigenvalue weighted by Crippen LogP contribution is -2.13. The highest BCUT2D eigenvalue weighted by Gasteiger charge is 2.16. The molecule has 0 spiro atoms. The summed E-state index contributed by atoms with van der Waals surface area (Å²) in [7, 11) is 1.61. The maximum atomic E-state index is 12.6. The van der Waals surface area contributed by atoms with Crippen molar-refractivity contribution in [3.8, 4) is 5.75 Å². The van der Waals surface area contributed by atoms with Crippen LogP contribution in [-0.4, -0.2) is 30.6 Å². The zero-order chi connectivity index (χ0) is 18.7. The number of nitrogens with one attached hydrogen (secondary N) is 2. The van der Waals surface area contributed by atoms with Gasteiger partial charge in [-0.2, -0.15) is 0 Å². The molecule has 2 aromatic carbocycles. The first kappa shape index (κ1) is 17.5. The Morgan fingerprint density at radius 2 is 1.85 bits per heavy atom. The van der Waals surface area contributed by atoms with Crippen molar-refractivity contribution >= 4 is 28.5 Å². The van der Waals surface area contributed by atoms with Gasteiger partial charge in [-0.3, -0.25) is 4.79 Å². The summed E-state index contributed by atoms with van der Waals surface area (Å²) >= 11 is 0. The van der Waals surface area contributed by atoms with Gasteiger partial charge in [0.2, 0.25) is 0 Å². The highest BCUT2D eigenvalue weighted by Crippen LogP contribution is 2.26. The molecule has 1 amide bonds. The number of hydrogen-bond acceptors (Lipinski definition) is 4. The maximum Gasteiger partial charge on any atom is 0.338 e. The van der Waals surface area contributed by atoms with E-state index >= 15 is 0 Å². The summed E-state index contributed by atoms with van der Waals surface area (Å²) in [5.41, 5.74) is 3.24. The predicted octanol–water partition coefficient (Wildman–Crippen LogP) is 3.91. The fourth-order valence-corrected chi connectivity index (χ4v) is 2.76. The van der Waals surface area contributed by atoms with Crippen LogP contribution in [0.2, 0.25) is 0 Å². The van der Waals surface area contributed by atoms with E-state index < -0.39 is 0 Å². The minimum absolute atomic E-state index is 0.249. The number of aromatic nitrogens is 1. The predicted molar refractivity (Wildman–Crippen MR) is 99.9 cm³/mol. The number of carbonyl (C=O) groups excluding carboxylic acids is 2. The van der Waals surface area contributed by atoms with Crippen LogP contribution >= 0.6 is 0 Å². The fourth-order valence-electron chi connectivity index (χ4n) is 2.76. The van der Waals surface area contributed by atoms with Crippen LogP contribution in [0, 0.1) is 6.92 Å². The third-order valence-electron chi connectivity index (χ3n) is 4.15. The van der Waals surface area contributed by atoms with E-state index in [4.69, 9.17) is 9.47 Å². The molecule has 0 saturated heterocycles. The number of methoxy groups -OCH3 is 1. The van der Waals surface area contributed by atoms with E-state index in [9.17, 15) is 9.59 Å². The van der Waals surface area contributed by atoms with Crippen molar-refractivity contribution in [1.82, 2.24) is 4.98 Å². The molecule has 0 radical (unpaired) electrons. The van der Waals surface area contributed by atoms with Crippen LogP contribution < -0.4 is 10.1 Å². The number of rotatable bonds is 5. The molecule has 0 fully saturated rings. The topological polar surface area (TPSA) is 80.4 Å². The number of esters is 1. The molecule has 6 heteroatoms. The summed E-state index contributed by atoms with van der Waals surface area (Å²) < 4.78 is 10.2. The first-order valence-corrected chi connectivity index (χ1v) is 8.28. The quantitative estimate of drug-likeness (QED) is 0.682.